The van der Waals surface area contributed by atoms with Crippen LogP contribution in [0.3, 0.4) is 0 Å². The molecule has 0 aromatic rings. The second-order valence-electron chi connectivity index (χ2n) is 1.87. The van der Waals surface area contributed by atoms with E-state index in [0.717, 1.165) is 0 Å². The Kier molecular flexibility index (Phi) is 6.98. The van der Waals surface area contributed by atoms with Gasteiger partial charge in [-0.15, -0.1) is 0 Å². The third-order valence-corrected chi connectivity index (χ3v) is 1.13. The zero-order valence-electron chi connectivity index (χ0n) is 5.75. The van der Waals surface area contributed by atoms with Crippen LogP contribution in [0.4, 0.5) is 0 Å². The van der Waals surface area contributed by atoms with Crippen molar-refractivity contribution in [1.29, 1.82) is 0 Å². The van der Waals surface area contributed by atoms with Crippen molar-refractivity contribution >= 4 is 80.7 Å². The second kappa shape index (κ2) is 6.22. The van der Waals surface area contributed by atoms with E-state index in [4.69, 9.17) is 10.0 Å². The summed E-state index contributed by atoms with van der Waals surface area (Å²) in [6.07, 6.45) is 0. The molecule has 2 aliphatic heterocycles. The Hall–Kier alpha value is 1.58. The van der Waals surface area contributed by atoms with E-state index in [9.17, 15) is 0 Å². The van der Waals surface area contributed by atoms with Crippen LogP contribution in [-0.4, -0.2) is 96.2 Å². The average Bonchev–Trinajstić information content (AvgIpc) is 1.82. The SMILES string of the molecule is O.OB1OB2OB(O)OB(O1)O2.[KH]. The maximum atomic E-state index is 8.74. The van der Waals surface area contributed by atoms with Crippen molar-refractivity contribution in [2.24, 2.45) is 0 Å². The second-order valence-corrected chi connectivity index (χ2v) is 1.87. The van der Waals surface area contributed by atoms with Gasteiger partial charge in [-0.2, -0.15) is 0 Å². The molecule has 66 valence electrons. The van der Waals surface area contributed by atoms with Crippen LogP contribution in [0.2, 0.25) is 0 Å². The minimum absolute atomic E-state index is 0. The van der Waals surface area contributed by atoms with Crippen LogP contribution in [0.25, 0.3) is 0 Å². The summed E-state index contributed by atoms with van der Waals surface area (Å²) in [5, 5.41) is 17.5. The molecule has 2 heterocycles. The van der Waals surface area contributed by atoms with Crippen molar-refractivity contribution in [2.75, 3.05) is 0 Å². The summed E-state index contributed by atoms with van der Waals surface area (Å²) in [7, 11) is -5.20. The van der Waals surface area contributed by atoms with Gasteiger partial charge < -0.3 is 38.4 Å². The Balaban J connectivity index is 0.000000720. The molecule has 0 amide bonds. The Morgan fingerprint density at radius 1 is 0.692 bits per heavy atom. The first-order valence-corrected chi connectivity index (χ1v) is 2.87. The van der Waals surface area contributed by atoms with Crippen molar-refractivity contribution in [1.82, 2.24) is 0 Å². The van der Waals surface area contributed by atoms with Crippen molar-refractivity contribution < 1.29 is 38.4 Å². The van der Waals surface area contributed by atoms with Gasteiger partial charge in [0.15, 0.2) is 0 Å². The van der Waals surface area contributed by atoms with Gasteiger partial charge in [0.25, 0.3) is 0 Å². The molecule has 0 spiro atoms. The fourth-order valence-electron chi connectivity index (χ4n) is 0.728. The summed E-state index contributed by atoms with van der Waals surface area (Å²) >= 11 is 0. The maximum absolute atomic E-state index is 8.74. The standard InChI is InChI=1S/B4H2O7.K.H2O.H/c5-1-7-3-9-2(6)10-4(8-1)11-3;;;/h5-6H;;1H2;. The summed E-state index contributed by atoms with van der Waals surface area (Å²) in [5.74, 6) is 0. The molecule has 0 atom stereocenters. The summed E-state index contributed by atoms with van der Waals surface area (Å²) < 4.78 is 22.6. The fraction of sp³-hybridized carbons (Fsp3) is 0. The molecule has 13 heteroatoms. The molecule has 2 aliphatic rings. The minimum atomic E-state index is -1.45. The van der Waals surface area contributed by atoms with Gasteiger partial charge in [-0.05, 0) is 0 Å². The molecule has 0 aromatic carbocycles. The van der Waals surface area contributed by atoms with Crippen LogP contribution in [0.15, 0.2) is 0 Å². The van der Waals surface area contributed by atoms with Gasteiger partial charge >= 0.3 is 80.7 Å². The molecule has 8 nitrogen and oxygen atoms in total. The monoisotopic (exact) mass is 216 g/mol. The number of fused-ring (bicyclic) bond motifs is 2. The Bertz CT molecular complexity index is 122. The van der Waals surface area contributed by atoms with Gasteiger partial charge in [-0.1, -0.05) is 0 Å². The topological polar surface area (TPSA) is 118 Å². The molecule has 2 fully saturated rings. The Morgan fingerprint density at radius 2 is 1.00 bits per heavy atom. The van der Waals surface area contributed by atoms with Crippen LogP contribution in [0, 0.1) is 0 Å². The van der Waals surface area contributed by atoms with Crippen LogP contribution < -0.4 is 0 Å². The molecule has 0 aliphatic carbocycles. The first kappa shape index (κ1) is 14.6. The predicted molar refractivity (Wildman–Crippen MR) is 43.6 cm³/mol. The van der Waals surface area contributed by atoms with E-state index in [1.165, 1.54) is 0 Å². The third-order valence-electron chi connectivity index (χ3n) is 1.13. The van der Waals surface area contributed by atoms with Gasteiger partial charge in [0.1, 0.15) is 0 Å². The number of rotatable bonds is 0. The van der Waals surface area contributed by atoms with Crippen molar-refractivity contribution in [2.45, 2.75) is 0 Å². The molecule has 2 rings (SSSR count). The molecular formula is H5B4KO8. The van der Waals surface area contributed by atoms with Gasteiger partial charge in [0.2, 0.25) is 0 Å². The summed E-state index contributed by atoms with van der Waals surface area (Å²) in [6, 6.07) is 0. The van der Waals surface area contributed by atoms with Crippen LogP contribution >= 0.6 is 0 Å². The van der Waals surface area contributed by atoms with E-state index in [0.29, 0.717) is 0 Å². The van der Waals surface area contributed by atoms with Crippen LogP contribution in [0.5, 0.6) is 0 Å². The van der Waals surface area contributed by atoms with E-state index < -0.39 is 29.3 Å². The molecule has 4 N–H and O–H groups in total. The quantitative estimate of drug-likeness (QED) is 0.391. The third kappa shape index (κ3) is 3.91. The molecule has 13 heavy (non-hydrogen) atoms. The van der Waals surface area contributed by atoms with Gasteiger partial charge in [-0.25, -0.2) is 0 Å². The van der Waals surface area contributed by atoms with Crippen molar-refractivity contribution in [3.8, 4) is 0 Å². The van der Waals surface area contributed by atoms with E-state index in [2.05, 4.69) is 22.9 Å². The molecular weight excluding hydrogens is 210 g/mol. The van der Waals surface area contributed by atoms with Gasteiger partial charge in [0, 0.05) is 0 Å². The molecule has 0 saturated carbocycles. The number of hydrogen-bond donors (Lipinski definition) is 2. The summed E-state index contributed by atoms with van der Waals surface area (Å²) in [5.41, 5.74) is 0. The van der Waals surface area contributed by atoms with E-state index >= 15 is 0 Å². The Morgan fingerprint density at radius 3 is 1.31 bits per heavy atom. The zero-order valence-corrected chi connectivity index (χ0v) is 5.75. The molecule has 0 aromatic heterocycles. The van der Waals surface area contributed by atoms with E-state index in [1.54, 1.807) is 0 Å². The molecule has 0 radical (unpaired) electrons. The summed E-state index contributed by atoms with van der Waals surface area (Å²) in [6.45, 7) is 0. The predicted octanol–water partition coefficient (Wildman–Crippen LogP) is -4.45. The van der Waals surface area contributed by atoms with Crippen molar-refractivity contribution in [3.05, 3.63) is 0 Å². The summed E-state index contributed by atoms with van der Waals surface area (Å²) in [4.78, 5) is 0. The number of hydrogen-bond acceptors (Lipinski definition) is 7. The zero-order chi connectivity index (χ0) is 7.84. The van der Waals surface area contributed by atoms with Gasteiger partial charge in [0.05, 0.1) is 0 Å². The molecule has 2 bridgehead atoms. The van der Waals surface area contributed by atoms with E-state index in [-0.39, 0.29) is 56.9 Å². The Labute approximate surface area is 118 Å². The van der Waals surface area contributed by atoms with Crippen LogP contribution in [0.1, 0.15) is 0 Å². The van der Waals surface area contributed by atoms with Crippen LogP contribution in [-0.2, 0) is 22.9 Å². The normalized spacial score (nSPS) is 20.8. The first-order chi connectivity index (χ1) is 5.24. The molecule has 2 saturated heterocycles. The fourth-order valence-corrected chi connectivity index (χ4v) is 0.728. The van der Waals surface area contributed by atoms with E-state index in [1.807, 2.05) is 0 Å². The average molecular weight is 215 g/mol. The molecule has 0 unspecified atom stereocenters. The van der Waals surface area contributed by atoms with Crippen molar-refractivity contribution in [3.63, 3.8) is 0 Å². The first-order valence-electron chi connectivity index (χ1n) is 2.87. The van der Waals surface area contributed by atoms with Gasteiger partial charge in [-0.3, -0.25) is 0 Å².